The number of aryl methyl sites for hydroxylation is 1. The highest BCUT2D eigenvalue weighted by Crippen LogP contribution is 2.10. The summed E-state index contributed by atoms with van der Waals surface area (Å²) in [5.41, 5.74) is 1.60. The molecular formula is C8H6NO. The largest absolute Gasteiger partial charge is 0.240 e. The van der Waals surface area contributed by atoms with Crippen molar-refractivity contribution in [2.24, 2.45) is 4.99 Å². The molecule has 49 valence electrons. The van der Waals surface area contributed by atoms with Gasteiger partial charge in [-0.05, 0) is 18.6 Å². The lowest BCUT2D eigenvalue weighted by Crippen LogP contribution is -1.68. The fraction of sp³-hybridized carbons (Fsp3) is 0.125. The maximum Gasteiger partial charge on any atom is 0.240 e. The van der Waals surface area contributed by atoms with E-state index in [2.05, 4.69) is 11.1 Å². The van der Waals surface area contributed by atoms with Crippen LogP contribution >= 0.6 is 0 Å². The number of nitrogens with zero attached hydrogens (tertiary/aromatic N) is 1. The number of hydrogen-bond acceptors (Lipinski definition) is 2. The summed E-state index contributed by atoms with van der Waals surface area (Å²) in [7, 11) is 0. The molecule has 2 nitrogen and oxygen atoms in total. The van der Waals surface area contributed by atoms with Crippen LogP contribution in [0.2, 0.25) is 0 Å². The minimum absolute atomic E-state index is 0.537. The molecule has 1 aromatic carbocycles. The summed E-state index contributed by atoms with van der Waals surface area (Å²) in [5, 5.41) is 0. The van der Waals surface area contributed by atoms with E-state index in [1.165, 1.54) is 6.08 Å². The van der Waals surface area contributed by atoms with E-state index in [1.807, 2.05) is 13.0 Å². The summed E-state index contributed by atoms with van der Waals surface area (Å²) in [6.07, 6.45) is 1.45. The molecule has 1 rings (SSSR count). The summed E-state index contributed by atoms with van der Waals surface area (Å²) in [6.45, 7) is 1.93. The van der Waals surface area contributed by atoms with Crippen molar-refractivity contribution < 1.29 is 4.79 Å². The van der Waals surface area contributed by atoms with E-state index in [9.17, 15) is 4.79 Å². The average Bonchev–Trinajstić information content (AvgIpc) is 1.88. The third kappa shape index (κ3) is 1.54. The number of aliphatic imine (C=N–C) groups is 1. The van der Waals surface area contributed by atoms with Crippen LogP contribution in [0.1, 0.15) is 5.56 Å². The summed E-state index contributed by atoms with van der Waals surface area (Å²) in [6, 6.07) is 8.17. The van der Waals surface area contributed by atoms with E-state index in [4.69, 9.17) is 0 Å². The highest BCUT2D eigenvalue weighted by Gasteiger charge is 1.87. The Morgan fingerprint density at radius 3 is 3.10 bits per heavy atom. The zero-order chi connectivity index (χ0) is 7.40. The lowest BCUT2D eigenvalue weighted by molar-refractivity contribution is 0.565. The van der Waals surface area contributed by atoms with Gasteiger partial charge in [-0.25, -0.2) is 4.79 Å². The minimum Gasteiger partial charge on any atom is -0.211 e. The van der Waals surface area contributed by atoms with E-state index in [0.717, 1.165) is 5.56 Å². The fourth-order valence-corrected chi connectivity index (χ4v) is 0.678. The summed E-state index contributed by atoms with van der Waals surface area (Å²) >= 11 is 0. The van der Waals surface area contributed by atoms with Crippen LogP contribution in [-0.4, -0.2) is 6.08 Å². The average molecular weight is 132 g/mol. The van der Waals surface area contributed by atoms with Crippen molar-refractivity contribution in [2.75, 3.05) is 0 Å². The van der Waals surface area contributed by atoms with Gasteiger partial charge in [0.1, 0.15) is 0 Å². The maximum atomic E-state index is 9.77. The first-order valence-electron chi connectivity index (χ1n) is 2.89. The van der Waals surface area contributed by atoms with Gasteiger partial charge in [-0.1, -0.05) is 12.1 Å². The maximum absolute atomic E-state index is 9.77. The molecule has 1 aromatic rings. The van der Waals surface area contributed by atoms with Crippen LogP contribution in [0.3, 0.4) is 0 Å². The second kappa shape index (κ2) is 2.95. The Bertz CT molecular complexity index is 274. The van der Waals surface area contributed by atoms with Gasteiger partial charge < -0.3 is 0 Å². The standard InChI is InChI=1S/C8H6NO/c1-7-3-2-4-8(5-7)9-6-10/h2-3,5H,1H3. The highest BCUT2D eigenvalue weighted by molar-refractivity contribution is 5.48. The van der Waals surface area contributed by atoms with Crippen LogP contribution in [0, 0.1) is 13.0 Å². The van der Waals surface area contributed by atoms with Gasteiger partial charge in [0.05, 0.1) is 5.69 Å². The number of isocyanates is 1. The lowest BCUT2D eigenvalue weighted by atomic mass is 10.2. The second-order valence-corrected chi connectivity index (χ2v) is 1.95. The van der Waals surface area contributed by atoms with Crippen molar-refractivity contribution in [3.05, 3.63) is 29.8 Å². The van der Waals surface area contributed by atoms with Gasteiger partial charge in [-0.3, -0.25) is 0 Å². The first kappa shape index (κ1) is 6.72. The van der Waals surface area contributed by atoms with Gasteiger partial charge in [0.2, 0.25) is 6.08 Å². The van der Waals surface area contributed by atoms with Crippen LogP contribution in [0.15, 0.2) is 23.2 Å². The predicted octanol–water partition coefficient (Wildman–Crippen LogP) is 1.76. The molecule has 0 heterocycles. The fourth-order valence-electron chi connectivity index (χ4n) is 0.678. The molecule has 0 aliphatic rings. The molecule has 0 aliphatic carbocycles. The molecule has 0 aromatic heterocycles. The Morgan fingerprint density at radius 2 is 2.50 bits per heavy atom. The van der Waals surface area contributed by atoms with Crippen molar-refractivity contribution in [1.82, 2.24) is 0 Å². The van der Waals surface area contributed by atoms with E-state index in [0.29, 0.717) is 5.69 Å². The Morgan fingerprint density at radius 1 is 1.70 bits per heavy atom. The van der Waals surface area contributed by atoms with E-state index in [1.54, 1.807) is 12.1 Å². The van der Waals surface area contributed by atoms with Crippen LogP contribution in [0.5, 0.6) is 0 Å². The molecule has 0 saturated heterocycles. The molecule has 0 unspecified atom stereocenters. The van der Waals surface area contributed by atoms with Crippen molar-refractivity contribution in [3.63, 3.8) is 0 Å². The Balaban J connectivity index is 3.06. The van der Waals surface area contributed by atoms with Crippen LogP contribution < -0.4 is 0 Å². The Hall–Kier alpha value is -1.40. The number of hydrogen-bond donors (Lipinski definition) is 0. The molecule has 0 N–H and O–H groups in total. The Kier molecular flexibility index (Phi) is 1.98. The summed E-state index contributed by atoms with van der Waals surface area (Å²) in [5.74, 6) is 0. The van der Waals surface area contributed by atoms with Crippen molar-refractivity contribution >= 4 is 11.8 Å². The SMILES string of the molecule is Cc1cc[c]c(N=C=O)c1. The molecule has 0 amide bonds. The quantitative estimate of drug-likeness (QED) is 0.423. The van der Waals surface area contributed by atoms with E-state index in [-0.39, 0.29) is 0 Å². The second-order valence-electron chi connectivity index (χ2n) is 1.95. The van der Waals surface area contributed by atoms with Gasteiger partial charge in [0.15, 0.2) is 0 Å². The molecule has 0 saturated carbocycles. The highest BCUT2D eigenvalue weighted by atomic mass is 16.1. The molecule has 0 aliphatic heterocycles. The lowest BCUT2D eigenvalue weighted by Gasteiger charge is -1.89. The van der Waals surface area contributed by atoms with Crippen LogP contribution in [-0.2, 0) is 4.79 Å². The van der Waals surface area contributed by atoms with Crippen LogP contribution in [0.4, 0.5) is 5.69 Å². The number of rotatable bonds is 1. The van der Waals surface area contributed by atoms with E-state index >= 15 is 0 Å². The van der Waals surface area contributed by atoms with Gasteiger partial charge in [0, 0.05) is 6.07 Å². The molecule has 0 fully saturated rings. The third-order valence-electron chi connectivity index (χ3n) is 1.11. The minimum atomic E-state index is 0.537. The first-order valence-corrected chi connectivity index (χ1v) is 2.89. The first-order chi connectivity index (χ1) is 4.83. The zero-order valence-corrected chi connectivity index (χ0v) is 5.59. The summed E-state index contributed by atoms with van der Waals surface area (Å²) < 4.78 is 0. The Labute approximate surface area is 59.2 Å². The molecule has 0 bridgehead atoms. The normalized spacial score (nSPS) is 8.50. The number of benzene rings is 1. The molecule has 10 heavy (non-hydrogen) atoms. The molecule has 0 atom stereocenters. The predicted molar refractivity (Wildman–Crippen MR) is 37.8 cm³/mol. The summed E-state index contributed by atoms with van der Waals surface area (Å²) in [4.78, 5) is 13.2. The van der Waals surface area contributed by atoms with Gasteiger partial charge >= 0.3 is 0 Å². The van der Waals surface area contributed by atoms with Crippen molar-refractivity contribution in [2.45, 2.75) is 6.92 Å². The zero-order valence-electron chi connectivity index (χ0n) is 5.59. The van der Waals surface area contributed by atoms with Crippen molar-refractivity contribution in [1.29, 1.82) is 0 Å². The smallest absolute Gasteiger partial charge is 0.211 e. The third-order valence-corrected chi connectivity index (χ3v) is 1.11. The van der Waals surface area contributed by atoms with E-state index < -0.39 is 0 Å². The van der Waals surface area contributed by atoms with Gasteiger partial charge in [0.25, 0.3) is 0 Å². The molecule has 2 heteroatoms. The van der Waals surface area contributed by atoms with Crippen LogP contribution in [0.25, 0.3) is 0 Å². The number of carbonyl (C=O) groups excluding carboxylic acids is 1. The molecule has 0 spiro atoms. The van der Waals surface area contributed by atoms with Crippen molar-refractivity contribution in [3.8, 4) is 0 Å². The molecular weight excluding hydrogens is 126 g/mol. The van der Waals surface area contributed by atoms with Gasteiger partial charge in [-0.2, -0.15) is 4.99 Å². The van der Waals surface area contributed by atoms with Gasteiger partial charge in [-0.15, -0.1) is 0 Å². The monoisotopic (exact) mass is 132 g/mol. The molecule has 1 radical (unpaired) electrons. The topological polar surface area (TPSA) is 29.4 Å².